The number of rotatable bonds is 1. The Hall–Kier alpha value is -0.610. The number of thiophene rings is 1. The van der Waals surface area contributed by atoms with Gasteiger partial charge in [-0.3, -0.25) is 0 Å². The second-order valence-electron chi connectivity index (χ2n) is 2.55. The molecule has 0 aliphatic rings. The number of thioether (sulfide) groups is 1. The van der Waals surface area contributed by atoms with Gasteiger partial charge in [-0.25, -0.2) is 4.39 Å². The average molecular weight is 216 g/mol. The van der Waals surface area contributed by atoms with Crippen LogP contribution in [0.5, 0.6) is 0 Å². The third-order valence-corrected chi connectivity index (χ3v) is 3.47. The molecule has 1 aromatic carbocycles. The maximum Gasteiger partial charge on any atom is 0.177 e. The van der Waals surface area contributed by atoms with Crippen molar-refractivity contribution in [3.8, 4) is 0 Å². The zero-order valence-electron chi connectivity index (χ0n) is 6.80. The highest BCUT2D eigenvalue weighted by Gasteiger charge is 2.09. The molecule has 68 valence electrons. The maximum absolute atomic E-state index is 13.5. The van der Waals surface area contributed by atoms with Crippen LogP contribution in [0.15, 0.2) is 23.1 Å². The third-order valence-electron chi connectivity index (χ3n) is 1.78. The summed E-state index contributed by atoms with van der Waals surface area (Å²) in [5, 5.41) is 0.296. The molecule has 13 heavy (non-hydrogen) atoms. The Morgan fingerprint density at radius 1 is 1.31 bits per heavy atom. The van der Waals surface area contributed by atoms with Crippen LogP contribution in [0.3, 0.4) is 0 Å². The zero-order chi connectivity index (χ0) is 9.42. The van der Waals surface area contributed by atoms with E-state index in [1.54, 1.807) is 18.4 Å². The highest BCUT2D eigenvalue weighted by molar-refractivity contribution is 7.98. The van der Waals surface area contributed by atoms with E-state index in [1.807, 2.05) is 0 Å². The molecule has 0 spiro atoms. The smallest absolute Gasteiger partial charge is 0.177 e. The summed E-state index contributed by atoms with van der Waals surface area (Å²) >= 11 is 2.18. The fourth-order valence-electron chi connectivity index (χ4n) is 1.18. The van der Waals surface area contributed by atoms with Gasteiger partial charge in [0.2, 0.25) is 0 Å². The Bertz CT molecular complexity index is 448. The molecule has 0 fully saturated rings. The number of halogens is 2. The predicted octanol–water partition coefficient (Wildman–Crippen LogP) is 3.90. The van der Waals surface area contributed by atoms with Crippen molar-refractivity contribution in [3.63, 3.8) is 0 Å². The van der Waals surface area contributed by atoms with E-state index in [0.29, 0.717) is 15.0 Å². The fourth-order valence-corrected chi connectivity index (χ4v) is 2.55. The molecule has 1 heterocycles. The van der Waals surface area contributed by atoms with Crippen molar-refractivity contribution in [2.45, 2.75) is 4.90 Å². The van der Waals surface area contributed by atoms with Gasteiger partial charge in [0, 0.05) is 4.90 Å². The second-order valence-corrected chi connectivity index (χ2v) is 4.40. The van der Waals surface area contributed by atoms with Crippen molar-refractivity contribution in [1.82, 2.24) is 0 Å². The van der Waals surface area contributed by atoms with Crippen LogP contribution in [0, 0.1) is 10.9 Å². The molecule has 0 unspecified atom stereocenters. The first-order valence-corrected chi connectivity index (χ1v) is 5.68. The van der Waals surface area contributed by atoms with Crippen LogP contribution in [-0.2, 0) is 0 Å². The minimum Gasteiger partial charge on any atom is -0.204 e. The highest BCUT2D eigenvalue weighted by Crippen LogP contribution is 2.32. The molecular formula is C9H6F2S2. The second kappa shape index (κ2) is 3.27. The van der Waals surface area contributed by atoms with E-state index >= 15 is 0 Å². The quantitative estimate of drug-likeness (QED) is 0.651. The number of fused-ring (bicyclic) bond motifs is 1. The van der Waals surface area contributed by atoms with E-state index in [9.17, 15) is 8.78 Å². The summed E-state index contributed by atoms with van der Waals surface area (Å²) in [5.41, 5.74) is 0. The van der Waals surface area contributed by atoms with Crippen LogP contribution < -0.4 is 0 Å². The predicted molar refractivity (Wildman–Crippen MR) is 53.5 cm³/mol. The summed E-state index contributed by atoms with van der Waals surface area (Å²) in [4.78, 5) is 0.564. The van der Waals surface area contributed by atoms with Gasteiger partial charge >= 0.3 is 0 Å². The summed E-state index contributed by atoms with van der Waals surface area (Å²) in [6.07, 6.45) is 1.80. The van der Waals surface area contributed by atoms with Gasteiger partial charge < -0.3 is 0 Å². The Morgan fingerprint density at radius 3 is 2.77 bits per heavy atom. The van der Waals surface area contributed by atoms with Gasteiger partial charge in [-0.2, -0.15) is 4.39 Å². The Morgan fingerprint density at radius 2 is 2.08 bits per heavy atom. The molecular weight excluding hydrogens is 210 g/mol. The molecule has 2 aromatic rings. The van der Waals surface area contributed by atoms with Gasteiger partial charge in [-0.05, 0) is 23.8 Å². The van der Waals surface area contributed by atoms with Gasteiger partial charge in [0.15, 0.2) is 10.9 Å². The van der Waals surface area contributed by atoms with E-state index in [4.69, 9.17) is 0 Å². The lowest BCUT2D eigenvalue weighted by atomic mass is 10.2. The maximum atomic E-state index is 13.5. The fraction of sp³-hybridized carbons (Fsp3) is 0.111. The molecule has 0 aliphatic heterocycles. The Kier molecular flexibility index (Phi) is 2.26. The first-order valence-electron chi connectivity index (χ1n) is 3.64. The lowest BCUT2D eigenvalue weighted by molar-refractivity contribution is 0.616. The topological polar surface area (TPSA) is 0 Å². The van der Waals surface area contributed by atoms with E-state index in [0.717, 1.165) is 11.3 Å². The van der Waals surface area contributed by atoms with Crippen molar-refractivity contribution < 1.29 is 8.78 Å². The first kappa shape index (κ1) is 8.97. The van der Waals surface area contributed by atoms with Crippen LogP contribution >= 0.6 is 23.1 Å². The summed E-state index contributed by atoms with van der Waals surface area (Å²) < 4.78 is 26.7. The molecule has 0 amide bonds. The molecule has 0 bridgehead atoms. The number of hydrogen-bond acceptors (Lipinski definition) is 2. The van der Waals surface area contributed by atoms with Crippen LogP contribution in [0.25, 0.3) is 10.1 Å². The molecule has 0 radical (unpaired) electrons. The van der Waals surface area contributed by atoms with Gasteiger partial charge in [-0.1, -0.05) is 6.07 Å². The highest BCUT2D eigenvalue weighted by atomic mass is 32.2. The molecule has 0 aliphatic carbocycles. The van der Waals surface area contributed by atoms with Gasteiger partial charge in [-0.15, -0.1) is 23.1 Å². The average Bonchev–Trinajstić information content (AvgIpc) is 2.47. The summed E-state index contributed by atoms with van der Waals surface area (Å²) in [6.45, 7) is 0. The van der Waals surface area contributed by atoms with E-state index in [-0.39, 0.29) is 10.9 Å². The standard InChI is InChI=1S/C9H6F2S2/c1-12-6-3-2-5-4-7(10)13-9(5)8(6)11/h2-4H,1H3. The molecule has 4 heteroatoms. The van der Waals surface area contributed by atoms with Crippen LogP contribution in [0.2, 0.25) is 0 Å². The molecule has 0 N–H and O–H groups in total. The van der Waals surface area contributed by atoms with Crippen LogP contribution in [0.1, 0.15) is 0 Å². The van der Waals surface area contributed by atoms with Gasteiger partial charge in [0.1, 0.15) is 0 Å². The molecule has 0 saturated carbocycles. The third kappa shape index (κ3) is 1.44. The summed E-state index contributed by atoms with van der Waals surface area (Å²) in [7, 11) is 0. The summed E-state index contributed by atoms with van der Waals surface area (Å²) in [5.74, 6) is -0.307. The van der Waals surface area contributed by atoms with Gasteiger partial charge in [0.05, 0.1) is 4.70 Å². The minimum absolute atomic E-state index is 0.307. The first-order chi connectivity index (χ1) is 6.22. The van der Waals surface area contributed by atoms with Crippen molar-refractivity contribution in [2.24, 2.45) is 0 Å². The molecule has 2 rings (SSSR count). The van der Waals surface area contributed by atoms with Crippen LogP contribution in [0.4, 0.5) is 8.78 Å². The van der Waals surface area contributed by atoms with E-state index in [1.165, 1.54) is 17.8 Å². The molecule has 0 nitrogen and oxygen atoms in total. The number of benzene rings is 1. The molecule has 1 aromatic heterocycles. The van der Waals surface area contributed by atoms with Crippen molar-refractivity contribution >= 4 is 33.2 Å². The van der Waals surface area contributed by atoms with Gasteiger partial charge in [0.25, 0.3) is 0 Å². The Balaban J connectivity index is 2.78. The lowest BCUT2D eigenvalue weighted by Gasteiger charge is -1.98. The van der Waals surface area contributed by atoms with Crippen molar-refractivity contribution in [1.29, 1.82) is 0 Å². The van der Waals surface area contributed by atoms with Crippen LogP contribution in [-0.4, -0.2) is 6.26 Å². The normalized spacial score (nSPS) is 11.0. The van der Waals surface area contributed by atoms with E-state index < -0.39 is 0 Å². The van der Waals surface area contributed by atoms with E-state index in [2.05, 4.69) is 0 Å². The monoisotopic (exact) mass is 216 g/mol. The molecule has 0 saturated heterocycles. The number of hydrogen-bond donors (Lipinski definition) is 0. The largest absolute Gasteiger partial charge is 0.204 e. The van der Waals surface area contributed by atoms with Crippen molar-refractivity contribution in [3.05, 3.63) is 29.1 Å². The summed E-state index contributed by atoms with van der Waals surface area (Å²) in [6, 6.07) is 4.77. The lowest BCUT2D eigenvalue weighted by Crippen LogP contribution is -1.78. The molecule has 0 atom stereocenters. The minimum atomic E-state index is -0.341. The zero-order valence-corrected chi connectivity index (χ0v) is 8.44. The Labute approximate surface area is 82.6 Å². The van der Waals surface area contributed by atoms with Crippen molar-refractivity contribution in [2.75, 3.05) is 6.26 Å². The SMILES string of the molecule is CSc1ccc2cc(F)sc2c1F.